The number of thioether (sulfide) groups is 1. The second-order valence-corrected chi connectivity index (χ2v) is 11.5. The number of carbonyl (C=O) groups is 1. The number of benzene rings is 2. The van der Waals surface area contributed by atoms with Crippen LogP contribution in [0, 0.1) is 5.82 Å². The Hall–Kier alpha value is -2.67. The van der Waals surface area contributed by atoms with Crippen LogP contribution in [0.4, 0.5) is 4.39 Å². The molecule has 0 spiro atoms. The Morgan fingerprint density at radius 3 is 2.26 bits per heavy atom. The molecule has 5 nitrogen and oxygen atoms in total. The molecule has 1 aliphatic carbocycles. The van der Waals surface area contributed by atoms with Crippen molar-refractivity contribution >= 4 is 17.5 Å². The normalized spacial score (nSPS) is 21.1. The van der Waals surface area contributed by atoms with E-state index < -0.39 is 5.25 Å². The maximum Gasteiger partial charge on any atom is 0.210 e. The third-order valence-corrected chi connectivity index (χ3v) is 8.08. The minimum Gasteiger partial charge on any atom is -0.313 e. The summed E-state index contributed by atoms with van der Waals surface area (Å²) in [6.45, 7) is 6.23. The second-order valence-electron chi connectivity index (χ2n) is 10.4. The first-order valence-corrected chi connectivity index (χ1v) is 13.0. The van der Waals surface area contributed by atoms with Crippen molar-refractivity contribution in [3.63, 3.8) is 0 Å². The fourth-order valence-corrected chi connectivity index (χ4v) is 6.14. The number of nitrogens with one attached hydrogen (secondary N) is 1. The van der Waals surface area contributed by atoms with Crippen LogP contribution in [0.3, 0.4) is 0 Å². The average Bonchev–Trinajstić information content (AvgIpc) is 3.28. The molecule has 0 unspecified atom stereocenters. The minimum atomic E-state index is -0.449. The van der Waals surface area contributed by atoms with Crippen LogP contribution in [-0.4, -0.2) is 25.9 Å². The lowest BCUT2D eigenvalue weighted by Crippen LogP contribution is -2.40. The van der Waals surface area contributed by atoms with Crippen LogP contribution in [0.5, 0.6) is 0 Å². The lowest BCUT2D eigenvalue weighted by Gasteiger charge is -2.34. The second kappa shape index (κ2) is 9.17. The Kier molecular flexibility index (Phi) is 6.23. The molecular formula is C27H31FN4OS. The Morgan fingerprint density at radius 1 is 0.971 bits per heavy atom. The van der Waals surface area contributed by atoms with Gasteiger partial charge >= 0.3 is 0 Å². The molecule has 2 aliphatic rings. The third-order valence-electron chi connectivity index (χ3n) is 6.87. The van der Waals surface area contributed by atoms with Gasteiger partial charge in [0.2, 0.25) is 5.16 Å². The molecule has 0 bridgehead atoms. The van der Waals surface area contributed by atoms with E-state index in [4.69, 9.17) is 0 Å². The molecule has 34 heavy (non-hydrogen) atoms. The van der Waals surface area contributed by atoms with Crippen molar-refractivity contribution in [2.45, 2.75) is 80.7 Å². The molecule has 0 radical (unpaired) electrons. The number of halogens is 1. The summed E-state index contributed by atoms with van der Waals surface area (Å²) >= 11 is 1.42. The summed E-state index contributed by atoms with van der Waals surface area (Å²) < 4.78 is 15.5. The number of fused-ring (bicyclic) bond motifs is 1. The molecule has 7 heteroatoms. The molecule has 1 saturated carbocycles. The van der Waals surface area contributed by atoms with Crippen molar-refractivity contribution < 1.29 is 9.18 Å². The van der Waals surface area contributed by atoms with Crippen LogP contribution >= 0.6 is 11.8 Å². The molecule has 0 amide bonds. The minimum absolute atomic E-state index is 0.0357. The topological polar surface area (TPSA) is 59.8 Å². The van der Waals surface area contributed by atoms with E-state index in [2.05, 4.69) is 48.5 Å². The lowest BCUT2D eigenvalue weighted by molar-refractivity contribution is 0.0980. The number of nitrogens with zero attached hydrogens (tertiary/aromatic N) is 3. The highest BCUT2D eigenvalue weighted by Crippen LogP contribution is 2.40. The van der Waals surface area contributed by atoms with Crippen molar-refractivity contribution in [3.05, 3.63) is 76.9 Å². The van der Waals surface area contributed by atoms with Crippen molar-refractivity contribution in [3.8, 4) is 0 Å². The van der Waals surface area contributed by atoms with Gasteiger partial charge in [0.15, 0.2) is 11.6 Å². The number of carbonyl (C=O) groups excluding carboxylic acids is 1. The molecule has 1 aliphatic heterocycles. The fraction of sp³-hybridized carbons (Fsp3) is 0.444. The molecule has 2 atom stereocenters. The molecule has 2 heterocycles. The van der Waals surface area contributed by atoms with Gasteiger partial charge in [0.05, 0.1) is 6.04 Å². The number of Topliss-reactive ketones (excluding diaryl/α,β-unsaturated/α-hetero) is 1. The summed E-state index contributed by atoms with van der Waals surface area (Å²) in [6, 6.07) is 14.2. The molecule has 2 aromatic carbocycles. The molecule has 3 aromatic rings. The summed E-state index contributed by atoms with van der Waals surface area (Å²) in [5, 5.41) is 8.99. The standard InChI is InChI=1S/C27H31FN4OS/c1-27(2,3)25-29-30-26-32(25)31-22(19-13-15-21(28)16-14-19)24(34-26)23(33)20-11-9-18(10-12-20)17-7-5-4-6-8-17/h9-17,22,24,31H,4-8H2,1-3H3/t22-,24+/m1/s1. The van der Waals surface area contributed by atoms with Gasteiger partial charge in [-0.25, -0.2) is 9.07 Å². The highest BCUT2D eigenvalue weighted by Gasteiger charge is 2.39. The van der Waals surface area contributed by atoms with Crippen LogP contribution in [0.2, 0.25) is 0 Å². The van der Waals surface area contributed by atoms with E-state index in [-0.39, 0.29) is 23.1 Å². The van der Waals surface area contributed by atoms with Gasteiger partial charge in [0, 0.05) is 11.0 Å². The van der Waals surface area contributed by atoms with Crippen molar-refractivity contribution in [2.24, 2.45) is 0 Å². The molecule has 0 saturated heterocycles. The van der Waals surface area contributed by atoms with E-state index in [0.717, 1.165) is 11.4 Å². The Labute approximate surface area is 204 Å². The summed E-state index contributed by atoms with van der Waals surface area (Å²) in [4.78, 5) is 13.8. The van der Waals surface area contributed by atoms with Crippen LogP contribution in [0.15, 0.2) is 53.7 Å². The smallest absolute Gasteiger partial charge is 0.210 e. The van der Waals surface area contributed by atoms with E-state index in [9.17, 15) is 9.18 Å². The lowest BCUT2D eigenvalue weighted by atomic mass is 9.83. The summed E-state index contributed by atoms with van der Waals surface area (Å²) in [5.74, 6) is 1.14. The highest BCUT2D eigenvalue weighted by molar-refractivity contribution is 8.00. The summed E-state index contributed by atoms with van der Waals surface area (Å²) in [6.07, 6.45) is 6.35. The van der Waals surface area contributed by atoms with Crippen molar-refractivity contribution in [1.82, 2.24) is 14.9 Å². The van der Waals surface area contributed by atoms with Crippen molar-refractivity contribution in [1.29, 1.82) is 0 Å². The van der Waals surface area contributed by atoms with Gasteiger partial charge in [-0.05, 0) is 42.0 Å². The molecule has 5 rings (SSSR count). The van der Waals surface area contributed by atoms with E-state index in [1.165, 1.54) is 61.6 Å². The SMILES string of the molecule is CC(C)(C)c1nnc2n1N[C@H](c1ccc(F)cc1)[C@@H](C(=O)c1ccc(C3CCCCC3)cc1)S2. The maximum absolute atomic E-state index is 13.8. The Balaban J connectivity index is 1.47. The van der Waals surface area contributed by atoms with Crippen molar-refractivity contribution in [2.75, 3.05) is 5.43 Å². The van der Waals surface area contributed by atoms with Gasteiger partial charge in [0.25, 0.3) is 0 Å². The number of hydrogen-bond donors (Lipinski definition) is 1. The van der Waals surface area contributed by atoms with E-state index in [0.29, 0.717) is 16.6 Å². The predicted octanol–water partition coefficient (Wildman–Crippen LogP) is 6.40. The number of rotatable bonds is 4. The van der Waals surface area contributed by atoms with Gasteiger partial charge in [-0.3, -0.25) is 4.79 Å². The van der Waals surface area contributed by atoms with Gasteiger partial charge in [0.1, 0.15) is 11.1 Å². The third kappa shape index (κ3) is 4.50. The van der Waals surface area contributed by atoms with Gasteiger partial charge in [-0.2, -0.15) is 0 Å². The Bertz CT molecular complexity index is 1160. The Morgan fingerprint density at radius 2 is 1.62 bits per heavy atom. The molecule has 1 fully saturated rings. The van der Waals surface area contributed by atoms with Gasteiger partial charge in [-0.15, -0.1) is 10.2 Å². The number of ketones is 1. The molecule has 178 valence electrons. The first kappa shape index (κ1) is 23.1. The quantitative estimate of drug-likeness (QED) is 0.440. The van der Waals surface area contributed by atoms with E-state index in [1.807, 2.05) is 16.8 Å². The first-order chi connectivity index (χ1) is 16.3. The summed E-state index contributed by atoms with van der Waals surface area (Å²) in [5.41, 5.74) is 6.13. The molecule has 1 aromatic heterocycles. The van der Waals surface area contributed by atoms with Crippen LogP contribution in [0.1, 0.15) is 92.1 Å². The average molecular weight is 479 g/mol. The molecule has 1 N–H and O–H groups in total. The van der Waals surface area contributed by atoms with E-state index in [1.54, 1.807) is 12.1 Å². The van der Waals surface area contributed by atoms with Gasteiger partial charge < -0.3 is 5.43 Å². The zero-order chi connectivity index (χ0) is 23.9. The number of aromatic nitrogens is 3. The van der Waals surface area contributed by atoms with E-state index >= 15 is 0 Å². The largest absolute Gasteiger partial charge is 0.313 e. The number of hydrogen-bond acceptors (Lipinski definition) is 5. The maximum atomic E-state index is 13.8. The van der Waals surface area contributed by atoms with Crippen LogP contribution in [0.25, 0.3) is 0 Å². The van der Waals surface area contributed by atoms with Crippen LogP contribution < -0.4 is 5.43 Å². The highest BCUT2D eigenvalue weighted by atomic mass is 32.2. The van der Waals surface area contributed by atoms with Crippen LogP contribution in [-0.2, 0) is 5.41 Å². The first-order valence-electron chi connectivity index (χ1n) is 12.1. The predicted molar refractivity (Wildman–Crippen MR) is 133 cm³/mol. The van der Waals surface area contributed by atoms with Gasteiger partial charge in [-0.1, -0.05) is 88.2 Å². The molecular weight excluding hydrogens is 447 g/mol. The zero-order valence-electron chi connectivity index (χ0n) is 19.9. The zero-order valence-corrected chi connectivity index (χ0v) is 20.7. The summed E-state index contributed by atoms with van der Waals surface area (Å²) in [7, 11) is 0. The monoisotopic (exact) mass is 478 g/mol. The fourth-order valence-electron chi connectivity index (χ4n) is 4.98.